The number of hydrogen-bond donors (Lipinski definition) is 0. The molecule has 5 rings (SSSR count). The van der Waals surface area contributed by atoms with Crippen LogP contribution < -0.4 is 10.5 Å². The van der Waals surface area contributed by atoms with Crippen molar-refractivity contribution in [1.82, 2.24) is 19.4 Å². The number of aromatic nitrogens is 3. The summed E-state index contributed by atoms with van der Waals surface area (Å²) in [5.74, 6) is 1.79. The molecule has 3 aliphatic heterocycles. The van der Waals surface area contributed by atoms with Crippen molar-refractivity contribution in [2.24, 2.45) is 5.92 Å². The Labute approximate surface area is 158 Å². The van der Waals surface area contributed by atoms with Gasteiger partial charge in [-0.3, -0.25) is 9.69 Å². The Kier molecular flexibility index (Phi) is 4.41. The normalized spacial score (nSPS) is 25.3. The van der Waals surface area contributed by atoms with Gasteiger partial charge in [-0.25, -0.2) is 9.97 Å². The van der Waals surface area contributed by atoms with Crippen molar-refractivity contribution in [3.8, 4) is 0 Å². The van der Waals surface area contributed by atoms with E-state index in [1.807, 2.05) is 22.9 Å². The predicted octanol–water partition coefficient (Wildman–Crippen LogP) is 1.09. The van der Waals surface area contributed by atoms with E-state index in [-0.39, 0.29) is 5.56 Å². The van der Waals surface area contributed by atoms with E-state index in [9.17, 15) is 4.79 Å². The van der Waals surface area contributed by atoms with Crippen LogP contribution in [0.25, 0.3) is 0 Å². The van der Waals surface area contributed by atoms with Gasteiger partial charge in [-0.15, -0.1) is 0 Å². The van der Waals surface area contributed by atoms with Crippen LogP contribution in [0.2, 0.25) is 0 Å². The Morgan fingerprint density at radius 3 is 2.89 bits per heavy atom. The van der Waals surface area contributed by atoms with Crippen LogP contribution in [0.15, 0.2) is 35.3 Å². The lowest BCUT2D eigenvalue weighted by atomic mass is 9.83. The van der Waals surface area contributed by atoms with Gasteiger partial charge in [0.25, 0.3) is 5.56 Å². The minimum absolute atomic E-state index is 0.140. The molecule has 5 heterocycles. The van der Waals surface area contributed by atoms with E-state index in [1.165, 1.54) is 12.1 Å². The Balaban J connectivity index is 1.32. The molecule has 142 valence electrons. The zero-order chi connectivity index (χ0) is 18.2. The van der Waals surface area contributed by atoms with Crippen LogP contribution >= 0.6 is 0 Å². The van der Waals surface area contributed by atoms with Crippen molar-refractivity contribution in [2.75, 3.05) is 44.3 Å². The molecule has 2 fully saturated rings. The van der Waals surface area contributed by atoms with Crippen LogP contribution in [-0.4, -0.2) is 58.8 Å². The molecule has 7 heteroatoms. The highest BCUT2D eigenvalue weighted by Gasteiger charge is 2.34. The lowest BCUT2D eigenvalue weighted by Crippen LogP contribution is -2.46. The molecule has 3 aliphatic rings. The maximum Gasteiger partial charge on any atom is 0.250 e. The average molecular weight is 367 g/mol. The molecule has 0 aliphatic carbocycles. The van der Waals surface area contributed by atoms with Crippen molar-refractivity contribution in [3.63, 3.8) is 0 Å². The maximum atomic E-state index is 12.2. The fraction of sp³-hybridized carbons (Fsp3) is 0.550. The number of morpholine rings is 1. The van der Waals surface area contributed by atoms with E-state index in [4.69, 9.17) is 9.72 Å². The first-order chi connectivity index (χ1) is 13.3. The lowest BCUT2D eigenvalue weighted by Gasteiger charge is -2.42. The third kappa shape index (κ3) is 3.37. The van der Waals surface area contributed by atoms with Gasteiger partial charge in [-0.1, -0.05) is 6.07 Å². The molecule has 7 nitrogen and oxygen atoms in total. The first-order valence-electron chi connectivity index (χ1n) is 9.83. The van der Waals surface area contributed by atoms with Crippen LogP contribution in [0.3, 0.4) is 0 Å². The minimum Gasteiger partial charge on any atom is -0.378 e. The molecule has 2 bridgehead atoms. The van der Waals surface area contributed by atoms with Gasteiger partial charge in [-0.2, -0.15) is 0 Å². The molecular formula is C20H25N5O2. The number of ether oxygens (including phenoxy) is 1. The zero-order valence-corrected chi connectivity index (χ0v) is 15.5. The number of pyridine rings is 1. The summed E-state index contributed by atoms with van der Waals surface area (Å²) < 4.78 is 7.41. The van der Waals surface area contributed by atoms with Gasteiger partial charge < -0.3 is 14.2 Å². The highest BCUT2D eigenvalue weighted by atomic mass is 16.5. The van der Waals surface area contributed by atoms with Crippen LogP contribution in [0.5, 0.6) is 0 Å². The van der Waals surface area contributed by atoms with Crippen molar-refractivity contribution < 1.29 is 4.74 Å². The van der Waals surface area contributed by atoms with Gasteiger partial charge >= 0.3 is 0 Å². The molecule has 0 amide bonds. The Hall–Kier alpha value is -2.25. The van der Waals surface area contributed by atoms with Crippen LogP contribution in [0.4, 0.5) is 5.95 Å². The Morgan fingerprint density at radius 1 is 1.11 bits per heavy atom. The summed E-state index contributed by atoms with van der Waals surface area (Å²) in [6, 6.07) is 7.71. The highest BCUT2D eigenvalue weighted by Crippen LogP contribution is 2.35. The molecule has 0 radical (unpaired) electrons. The fourth-order valence-electron chi connectivity index (χ4n) is 4.74. The standard InChI is InChI=1S/C20H25N5O2/c26-19-3-1-2-18-16-10-15(12-25(18)19)11-23(13-16)14-17-4-5-21-20(22-17)24-6-8-27-9-7-24/h1-5,15-16H,6-14H2/t15-,16-/m0/s1. The molecular weight excluding hydrogens is 342 g/mol. The summed E-state index contributed by atoms with van der Waals surface area (Å²) in [6.45, 7) is 6.86. The van der Waals surface area contributed by atoms with Gasteiger partial charge in [0, 0.05) is 63.1 Å². The summed E-state index contributed by atoms with van der Waals surface area (Å²) in [5, 5.41) is 0. The SMILES string of the molecule is O=c1cccc2n1C[C@H]1C[C@H]2CN(Cc2ccnc(N3CCOCC3)n2)C1. The van der Waals surface area contributed by atoms with Gasteiger partial charge in [0.05, 0.1) is 18.9 Å². The molecule has 0 aromatic carbocycles. The zero-order valence-electron chi connectivity index (χ0n) is 15.5. The first-order valence-corrected chi connectivity index (χ1v) is 9.83. The molecule has 2 atom stereocenters. The topological polar surface area (TPSA) is 63.5 Å². The van der Waals surface area contributed by atoms with Crippen LogP contribution in [0.1, 0.15) is 23.7 Å². The second kappa shape index (κ2) is 7.05. The molecule has 0 spiro atoms. The molecule has 0 saturated carbocycles. The van der Waals surface area contributed by atoms with Crippen LogP contribution in [0, 0.1) is 5.92 Å². The number of nitrogens with zero attached hydrogens (tertiary/aromatic N) is 5. The van der Waals surface area contributed by atoms with Gasteiger partial charge in [0.1, 0.15) is 0 Å². The number of hydrogen-bond acceptors (Lipinski definition) is 6. The predicted molar refractivity (Wildman–Crippen MR) is 102 cm³/mol. The Morgan fingerprint density at radius 2 is 2.00 bits per heavy atom. The smallest absolute Gasteiger partial charge is 0.250 e. The molecule has 2 aromatic heterocycles. The largest absolute Gasteiger partial charge is 0.378 e. The third-order valence-electron chi connectivity index (χ3n) is 5.94. The van der Waals surface area contributed by atoms with Crippen molar-refractivity contribution >= 4 is 5.95 Å². The summed E-state index contributed by atoms with van der Waals surface area (Å²) in [4.78, 5) is 26.1. The first kappa shape index (κ1) is 16.9. The summed E-state index contributed by atoms with van der Waals surface area (Å²) >= 11 is 0. The van der Waals surface area contributed by atoms with E-state index in [0.29, 0.717) is 11.8 Å². The second-order valence-electron chi connectivity index (χ2n) is 7.84. The molecule has 0 unspecified atom stereocenters. The van der Waals surface area contributed by atoms with E-state index in [1.54, 1.807) is 6.07 Å². The highest BCUT2D eigenvalue weighted by molar-refractivity contribution is 5.30. The number of fused-ring (bicyclic) bond motifs is 4. The molecule has 27 heavy (non-hydrogen) atoms. The van der Waals surface area contributed by atoms with Gasteiger partial charge in [0.15, 0.2) is 0 Å². The lowest BCUT2D eigenvalue weighted by molar-refractivity contribution is 0.113. The quantitative estimate of drug-likeness (QED) is 0.809. The Bertz CT molecular complexity index is 877. The minimum atomic E-state index is 0.140. The van der Waals surface area contributed by atoms with Gasteiger partial charge in [-0.05, 0) is 24.5 Å². The van der Waals surface area contributed by atoms with Crippen molar-refractivity contribution in [2.45, 2.75) is 25.4 Å². The van der Waals surface area contributed by atoms with Crippen LogP contribution in [-0.2, 0) is 17.8 Å². The number of likely N-dealkylation sites (tertiary alicyclic amines) is 1. The number of rotatable bonds is 3. The monoisotopic (exact) mass is 367 g/mol. The average Bonchev–Trinajstić information content (AvgIpc) is 2.70. The van der Waals surface area contributed by atoms with E-state index in [0.717, 1.165) is 64.1 Å². The number of anilines is 1. The molecule has 0 N–H and O–H groups in total. The molecule has 2 aromatic rings. The second-order valence-corrected chi connectivity index (χ2v) is 7.84. The fourth-order valence-corrected chi connectivity index (χ4v) is 4.74. The van der Waals surface area contributed by atoms with E-state index in [2.05, 4.69) is 20.9 Å². The van der Waals surface area contributed by atoms with Crippen molar-refractivity contribution in [1.29, 1.82) is 0 Å². The summed E-state index contributed by atoms with van der Waals surface area (Å²) in [7, 11) is 0. The summed E-state index contributed by atoms with van der Waals surface area (Å²) in [6.07, 6.45) is 3.05. The van der Waals surface area contributed by atoms with Crippen molar-refractivity contribution in [3.05, 3.63) is 52.2 Å². The van der Waals surface area contributed by atoms with E-state index < -0.39 is 0 Å². The van der Waals surface area contributed by atoms with Gasteiger partial charge in [0.2, 0.25) is 5.95 Å². The third-order valence-corrected chi connectivity index (χ3v) is 5.94. The number of piperidine rings is 1. The molecule has 2 saturated heterocycles. The summed E-state index contributed by atoms with van der Waals surface area (Å²) in [5.41, 5.74) is 2.40. The maximum absolute atomic E-state index is 12.2. The van der Waals surface area contributed by atoms with E-state index >= 15 is 0 Å².